The van der Waals surface area contributed by atoms with Crippen molar-refractivity contribution in [1.82, 2.24) is 9.80 Å². The molecule has 0 aliphatic carbocycles. The van der Waals surface area contributed by atoms with Crippen LogP contribution in [0.25, 0.3) is 0 Å². The normalized spacial score (nSPS) is 16.9. The first kappa shape index (κ1) is 22.9. The molecule has 1 fully saturated rings. The summed E-state index contributed by atoms with van der Waals surface area (Å²) in [4.78, 5) is 43.6. The molecule has 35 heavy (non-hydrogen) atoms. The highest BCUT2D eigenvalue weighted by Crippen LogP contribution is 2.37. The quantitative estimate of drug-likeness (QED) is 0.555. The summed E-state index contributed by atoms with van der Waals surface area (Å²) < 4.78 is 31.9. The first-order valence-corrected chi connectivity index (χ1v) is 12.7. The van der Waals surface area contributed by atoms with Crippen molar-refractivity contribution in [3.8, 4) is 0 Å². The third-order valence-electron chi connectivity index (χ3n) is 6.34. The first-order valence-electron chi connectivity index (χ1n) is 11.2. The Morgan fingerprint density at radius 1 is 0.886 bits per heavy atom. The van der Waals surface area contributed by atoms with Crippen molar-refractivity contribution in [2.24, 2.45) is 0 Å². The van der Waals surface area contributed by atoms with Gasteiger partial charge in [0.05, 0.1) is 27.3 Å². The molecule has 5 rings (SSSR count). The number of hydrogen-bond acceptors (Lipinski definition) is 6. The summed E-state index contributed by atoms with van der Waals surface area (Å²) in [5.41, 5.74) is 0.573. The molecular formula is C25H23N3O6S. The number of benzene rings is 2. The van der Waals surface area contributed by atoms with Gasteiger partial charge in [-0.15, -0.1) is 0 Å². The van der Waals surface area contributed by atoms with E-state index in [0.29, 0.717) is 26.2 Å². The molecule has 3 heterocycles. The second-order valence-corrected chi connectivity index (χ2v) is 10.2. The fraction of sp³-hybridized carbons (Fsp3) is 0.240. The molecule has 2 aromatic carbocycles. The van der Waals surface area contributed by atoms with Gasteiger partial charge in [-0.05, 0) is 49.4 Å². The van der Waals surface area contributed by atoms with Gasteiger partial charge in [0.1, 0.15) is 0 Å². The zero-order valence-electron chi connectivity index (χ0n) is 19.0. The Balaban J connectivity index is 1.43. The van der Waals surface area contributed by atoms with E-state index in [4.69, 9.17) is 4.42 Å². The van der Waals surface area contributed by atoms with Crippen LogP contribution in [-0.4, -0.2) is 68.7 Å². The number of carbonyl (C=O) groups is 3. The van der Waals surface area contributed by atoms with Crippen LogP contribution in [0, 0.1) is 0 Å². The van der Waals surface area contributed by atoms with E-state index >= 15 is 0 Å². The minimum absolute atomic E-state index is 0.0111. The highest BCUT2D eigenvalue weighted by atomic mass is 32.2. The molecule has 0 N–H and O–H groups in total. The van der Waals surface area contributed by atoms with Crippen LogP contribution in [0.3, 0.4) is 0 Å². The number of amides is 3. The third-order valence-corrected chi connectivity index (χ3v) is 8.20. The van der Waals surface area contributed by atoms with Crippen LogP contribution < -0.4 is 4.90 Å². The SMILES string of the molecule is CCN1C(=O)c2ccccc2S(=O)(=O)c2ccc(C(=O)N3CCN(C(=O)c4ccco4)CC3)cc21. The predicted octanol–water partition coefficient (Wildman–Crippen LogP) is 2.69. The van der Waals surface area contributed by atoms with Crippen LogP contribution in [0.4, 0.5) is 5.69 Å². The fourth-order valence-corrected chi connectivity index (χ4v) is 6.14. The largest absolute Gasteiger partial charge is 0.459 e. The number of rotatable bonds is 3. The van der Waals surface area contributed by atoms with Crippen LogP contribution >= 0.6 is 0 Å². The highest BCUT2D eigenvalue weighted by molar-refractivity contribution is 7.91. The van der Waals surface area contributed by atoms with Crippen molar-refractivity contribution in [1.29, 1.82) is 0 Å². The minimum Gasteiger partial charge on any atom is -0.459 e. The second-order valence-electron chi connectivity index (χ2n) is 8.29. The number of anilines is 1. The van der Waals surface area contributed by atoms with Crippen LogP contribution in [-0.2, 0) is 9.84 Å². The third kappa shape index (κ3) is 3.79. The molecule has 0 atom stereocenters. The number of piperazine rings is 1. The smallest absolute Gasteiger partial charge is 0.289 e. The maximum atomic E-state index is 13.4. The molecule has 10 heteroatoms. The van der Waals surface area contributed by atoms with E-state index in [-0.39, 0.29) is 50.7 Å². The maximum absolute atomic E-state index is 13.4. The lowest BCUT2D eigenvalue weighted by molar-refractivity contribution is 0.0518. The van der Waals surface area contributed by atoms with Crippen molar-refractivity contribution in [2.75, 3.05) is 37.6 Å². The average molecular weight is 494 g/mol. The summed E-state index contributed by atoms with van der Waals surface area (Å²) >= 11 is 0. The van der Waals surface area contributed by atoms with E-state index in [0.717, 1.165) is 0 Å². The van der Waals surface area contributed by atoms with Crippen molar-refractivity contribution in [2.45, 2.75) is 16.7 Å². The molecule has 2 aliphatic heterocycles. The lowest BCUT2D eigenvalue weighted by atomic mass is 10.1. The van der Waals surface area contributed by atoms with Gasteiger partial charge >= 0.3 is 0 Å². The lowest BCUT2D eigenvalue weighted by Gasteiger charge is -2.34. The van der Waals surface area contributed by atoms with E-state index in [2.05, 4.69) is 0 Å². The zero-order valence-corrected chi connectivity index (χ0v) is 19.8. The predicted molar refractivity (Wildman–Crippen MR) is 126 cm³/mol. The van der Waals surface area contributed by atoms with Gasteiger partial charge in [0.2, 0.25) is 9.84 Å². The van der Waals surface area contributed by atoms with Gasteiger partial charge < -0.3 is 19.1 Å². The molecule has 0 spiro atoms. The van der Waals surface area contributed by atoms with E-state index in [1.807, 2.05) is 0 Å². The summed E-state index contributed by atoms with van der Waals surface area (Å²) in [6.45, 7) is 3.33. The van der Waals surface area contributed by atoms with Gasteiger partial charge in [-0.25, -0.2) is 8.42 Å². The van der Waals surface area contributed by atoms with E-state index < -0.39 is 15.7 Å². The number of carbonyl (C=O) groups excluding carboxylic acids is 3. The molecule has 0 bridgehead atoms. The topological polar surface area (TPSA) is 108 Å². The van der Waals surface area contributed by atoms with E-state index in [1.165, 1.54) is 41.5 Å². The monoisotopic (exact) mass is 493 g/mol. The Hall–Kier alpha value is -3.92. The Bertz CT molecular complexity index is 1420. The van der Waals surface area contributed by atoms with Crippen molar-refractivity contribution < 1.29 is 27.2 Å². The molecule has 3 amide bonds. The van der Waals surface area contributed by atoms with E-state index in [1.54, 1.807) is 41.0 Å². The molecule has 0 unspecified atom stereocenters. The van der Waals surface area contributed by atoms with Gasteiger partial charge in [-0.3, -0.25) is 14.4 Å². The number of furan rings is 1. The van der Waals surface area contributed by atoms with Crippen LogP contribution in [0.15, 0.2) is 75.1 Å². The van der Waals surface area contributed by atoms with Crippen molar-refractivity contribution in [3.63, 3.8) is 0 Å². The van der Waals surface area contributed by atoms with Gasteiger partial charge in [0, 0.05) is 38.3 Å². The number of fused-ring (bicyclic) bond motifs is 2. The van der Waals surface area contributed by atoms with Gasteiger partial charge in [-0.1, -0.05) is 12.1 Å². The summed E-state index contributed by atoms with van der Waals surface area (Å²) in [5, 5.41) is 0. The van der Waals surface area contributed by atoms with E-state index in [9.17, 15) is 22.8 Å². The molecule has 3 aromatic rings. The molecule has 1 saturated heterocycles. The molecule has 0 radical (unpaired) electrons. The number of sulfone groups is 1. The lowest BCUT2D eigenvalue weighted by Crippen LogP contribution is -2.50. The molecular weight excluding hydrogens is 470 g/mol. The zero-order chi connectivity index (χ0) is 24.7. The molecule has 0 saturated carbocycles. The van der Waals surface area contributed by atoms with Crippen molar-refractivity contribution >= 4 is 33.2 Å². The Morgan fingerprint density at radius 2 is 1.57 bits per heavy atom. The summed E-state index contributed by atoms with van der Waals surface area (Å²) in [6, 6.07) is 13.7. The Morgan fingerprint density at radius 3 is 2.23 bits per heavy atom. The van der Waals surface area contributed by atoms with Crippen molar-refractivity contribution in [3.05, 3.63) is 77.7 Å². The first-order chi connectivity index (χ1) is 16.8. The molecule has 9 nitrogen and oxygen atoms in total. The standard InChI is InChI=1S/C25H23N3O6S/c1-2-28-19-16-17(9-10-22(19)35(32,33)21-8-4-3-6-18(21)24(28)30)23(29)26-11-13-27(14-12-26)25(31)20-7-5-15-34-20/h3-10,15-16H,2,11-14H2,1H3. The van der Waals surface area contributed by atoms with Crippen LogP contribution in [0.5, 0.6) is 0 Å². The highest BCUT2D eigenvalue weighted by Gasteiger charge is 2.36. The average Bonchev–Trinajstić information content (AvgIpc) is 3.41. The summed E-state index contributed by atoms with van der Waals surface area (Å²) in [6.07, 6.45) is 1.44. The van der Waals surface area contributed by atoms with Crippen LogP contribution in [0.1, 0.15) is 38.2 Å². The van der Waals surface area contributed by atoms with Gasteiger partial charge in [-0.2, -0.15) is 0 Å². The minimum atomic E-state index is -3.96. The van der Waals surface area contributed by atoms with Crippen LogP contribution in [0.2, 0.25) is 0 Å². The number of hydrogen-bond donors (Lipinski definition) is 0. The Kier molecular flexibility index (Phi) is 5.68. The fourth-order valence-electron chi connectivity index (χ4n) is 4.50. The molecule has 180 valence electrons. The van der Waals surface area contributed by atoms with Gasteiger partial charge in [0.25, 0.3) is 17.7 Å². The maximum Gasteiger partial charge on any atom is 0.289 e. The summed E-state index contributed by atoms with van der Waals surface area (Å²) in [5.74, 6) is -0.698. The Labute approximate surface area is 202 Å². The number of nitrogens with zero attached hydrogens (tertiary/aromatic N) is 3. The molecule has 2 aliphatic rings. The van der Waals surface area contributed by atoms with Gasteiger partial charge in [0.15, 0.2) is 5.76 Å². The summed E-state index contributed by atoms with van der Waals surface area (Å²) in [7, 11) is -3.96. The molecule has 1 aromatic heterocycles. The second kappa shape index (κ2) is 8.70.